The summed E-state index contributed by atoms with van der Waals surface area (Å²) in [5, 5.41) is 2.46. The number of halogens is 1. The van der Waals surface area contributed by atoms with Gasteiger partial charge in [0.2, 0.25) is 0 Å². The number of ketones is 1. The fourth-order valence-corrected chi connectivity index (χ4v) is 2.34. The minimum atomic E-state index is -0.968. The molecule has 1 N–H and O–H groups in total. The molecule has 0 unspecified atom stereocenters. The van der Waals surface area contributed by atoms with Gasteiger partial charge in [-0.15, -0.1) is 0 Å². The molecule has 0 radical (unpaired) electrons. The summed E-state index contributed by atoms with van der Waals surface area (Å²) in [5.74, 6) is -1.96. The first kappa shape index (κ1) is 21.1. The lowest BCUT2D eigenvalue weighted by atomic mass is 10.1. The summed E-state index contributed by atoms with van der Waals surface area (Å²) in [6.07, 6.45) is -0.760. The number of hydrogen-bond donors (Lipinski definition) is 1. The number of hydrogen-bond acceptors (Lipinski definition) is 5. The molecule has 0 aliphatic carbocycles. The zero-order valence-corrected chi connectivity index (χ0v) is 15.7. The Morgan fingerprint density at radius 1 is 0.964 bits per heavy atom. The predicted molar refractivity (Wildman–Crippen MR) is 100 cm³/mol. The van der Waals surface area contributed by atoms with Gasteiger partial charge in [-0.1, -0.05) is 44.2 Å². The van der Waals surface area contributed by atoms with E-state index in [1.54, 1.807) is 13.8 Å². The molecule has 7 heteroatoms. The fraction of sp³-hybridized carbons (Fsp3) is 0.286. The Balaban J connectivity index is 1.85. The highest BCUT2D eigenvalue weighted by molar-refractivity contribution is 5.98. The van der Waals surface area contributed by atoms with Crippen molar-refractivity contribution in [3.05, 3.63) is 71.5 Å². The third-order valence-electron chi connectivity index (χ3n) is 3.92. The van der Waals surface area contributed by atoms with Crippen LogP contribution in [-0.4, -0.2) is 30.5 Å². The molecule has 0 saturated heterocycles. The Kier molecular flexibility index (Phi) is 7.68. The highest BCUT2D eigenvalue weighted by atomic mass is 19.1. The Morgan fingerprint density at radius 2 is 1.61 bits per heavy atom. The van der Waals surface area contributed by atoms with Gasteiger partial charge in [-0.25, -0.2) is 14.0 Å². The standard InChI is InChI=1S/C21H22FNO5/c1-14(2)19(23-21(26)28-12-15-6-4-3-5-7-15)20(25)27-13-18(24)16-8-10-17(22)11-9-16/h3-11,14,19H,12-13H2,1-2H3,(H,23,26)/t19-/m1/s1. The summed E-state index contributed by atoms with van der Waals surface area (Å²) in [5.41, 5.74) is 1.04. The first-order valence-corrected chi connectivity index (χ1v) is 8.79. The minimum Gasteiger partial charge on any atom is -0.456 e. The molecule has 0 spiro atoms. The van der Waals surface area contributed by atoms with Crippen LogP contribution in [0.3, 0.4) is 0 Å². The molecule has 0 bridgehead atoms. The van der Waals surface area contributed by atoms with Gasteiger partial charge in [0.05, 0.1) is 0 Å². The number of esters is 1. The van der Waals surface area contributed by atoms with Crippen molar-refractivity contribution in [2.24, 2.45) is 5.92 Å². The maximum absolute atomic E-state index is 12.9. The van der Waals surface area contributed by atoms with E-state index in [2.05, 4.69) is 5.32 Å². The van der Waals surface area contributed by atoms with Gasteiger partial charge in [0.15, 0.2) is 12.4 Å². The van der Waals surface area contributed by atoms with Crippen LogP contribution in [0, 0.1) is 11.7 Å². The number of carbonyl (C=O) groups excluding carboxylic acids is 3. The van der Waals surface area contributed by atoms with Gasteiger partial charge in [0, 0.05) is 5.56 Å². The Morgan fingerprint density at radius 3 is 2.21 bits per heavy atom. The van der Waals surface area contributed by atoms with E-state index in [1.807, 2.05) is 30.3 Å². The van der Waals surface area contributed by atoms with Crippen molar-refractivity contribution in [2.75, 3.05) is 6.61 Å². The molecule has 0 saturated carbocycles. The van der Waals surface area contributed by atoms with Crippen LogP contribution in [0.1, 0.15) is 29.8 Å². The lowest BCUT2D eigenvalue weighted by Crippen LogP contribution is -2.45. The molecule has 28 heavy (non-hydrogen) atoms. The summed E-state index contributed by atoms with van der Waals surface area (Å²) < 4.78 is 23.0. The van der Waals surface area contributed by atoms with Crippen molar-refractivity contribution in [2.45, 2.75) is 26.5 Å². The van der Waals surface area contributed by atoms with Gasteiger partial charge in [-0.2, -0.15) is 0 Å². The van der Waals surface area contributed by atoms with E-state index in [9.17, 15) is 18.8 Å². The number of alkyl carbamates (subject to hydrolysis) is 1. The van der Waals surface area contributed by atoms with Crippen molar-refractivity contribution in [3.63, 3.8) is 0 Å². The average Bonchev–Trinajstić information content (AvgIpc) is 2.69. The lowest BCUT2D eigenvalue weighted by molar-refractivity contribution is -0.146. The molecule has 2 aromatic rings. The normalized spacial score (nSPS) is 11.6. The van der Waals surface area contributed by atoms with Crippen LogP contribution >= 0.6 is 0 Å². The third-order valence-corrected chi connectivity index (χ3v) is 3.92. The monoisotopic (exact) mass is 387 g/mol. The maximum Gasteiger partial charge on any atom is 0.408 e. The van der Waals surface area contributed by atoms with E-state index >= 15 is 0 Å². The van der Waals surface area contributed by atoms with Gasteiger partial charge in [0.1, 0.15) is 18.5 Å². The summed E-state index contributed by atoms with van der Waals surface area (Å²) in [4.78, 5) is 36.3. The number of ether oxygens (including phenoxy) is 2. The van der Waals surface area contributed by atoms with Crippen molar-refractivity contribution >= 4 is 17.8 Å². The number of amides is 1. The summed E-state index contributed by atoms with van der Waals surface area (Å²) in [6.45, 7) is 3.01. The van der Waals surface area contributed by atoms with Crippen LogP contribution in [0.4, 0.5) is 9.18 Å². The molecule has 0 fully saturated rings. The topological polar surface area (TPSA) is 81.7 Å². The molecule has 0 aromatic heterocycles. The largest absolute Gasteiger partial charge is 0.456 e. The van der Waals surface area contributed by atoms with Crippen molar-refractivity contribution in [1.29, 1.82) is 0 Å². The van der Waals surface area contributed by atoms with Crippen LogP contribution < -0.4 is 5.32 Å². The summed E-state index contributed by atoms with van der Waals surface area (Å²) in [7, 11) is 0. The van der Waals surface area contributed by atoms with Crippen LogP contribution in [0.25, 0.3) is 0 Å². The van der Waals surface area contributed by atoms with Gasteiger partial charge in [0.25, 0.3) is 0 Å². The molecular weight excluding hydrogens is 365 g/mol. The zero-order chi connectivity index (χ0) is 20.5. The van der Waals surface area contributed by atoms with Gasteiger partial charge >= 0.3 is 12.1 Å². The van der Waals surface area contributed by atoms with Crippen molar-refractivity contribution in [1.82, 2.24) is 5.32 Å². The molecule has 1 atom stereocenters. The van der Waals surface area contributed by atoms with Crippen LogP contribution in [0.5, 0.6) is 0 Å². The van der Waals surface area contributed by atoms with E-state index in [0.717, 1.165) is 17.7 Å². The zero-order valence-electron chi connectivity index (χ0n) is 15.7. The second kappa shape index (κ2) is 10.2. The van der Waals surface area contributed by atoms with Crippen LogP contribution in [0.2, 0.25) is 0 Å². The minimum absolute atomic E-state index is 0.0651. The quantitative estimate of drug-likeness (QED) is 0.554. The highest BCUT2D eigenvalue weighted by Gasteiger charge is 2.27. The third kappa shape index (κ3) is 6.50. The Labute approximate surface area is 162 Å². The summed E-state index contributed by atoms with van der Waals surface area (Å²) >= 11 is 0. The first-order valence-electron chi connectivity index (χ1n) is 8.79. The molecule has 2 rings (SSSR count). The molecule has 0 heterocycles. The van der Waals surface area contributed by atoms with E-state index in [1.165, 1.54) is 12.1 Å². The number of carbonyl (C=O) groups is 3. The van der Waals surface area contributed by atoms with Gasteiger partial charge in [-0.05, 0) is 35.7 Å². The van der Waals surface area contributed by atoms with E-state index in [0.29, 0.717) is 0 Å². The first-order chi connectivity index (χ1) is 13.4. The number of nitrogens with one attached hydrogen (secondary N) is 1. The van der Waals surface area contributed by atoms with Crippen LogP contribution in [0.15, 0.2) is 54.6 Å². The van der Waals surface area contributed by atoms with Gasteiger partial charge < -0.3 is 14.8 Å². The second-order valence-corrected chi connectivity index (χ2v) is 6.47. The lowest BCUT2D eigenvalue weighted by Gasteiger charge is -2.20. The second-order valence-electron chi connectivity index (χ2n) is 6.47. The SMILES string of the molecule is CC(C)[C@@H](NC(=O)OCc1ccccc1)C(=O)OCC(=O)c1ccc(F)cc1. The molecule has 1 amide bonds. The smallest absolute Gasteiger partial charge is 0.408 e. The van der Waals surface area contributed by atoms with Crippen molar-refractivity contribution in [3.8, 4) is 0 Å². The van der Waals surface area contributed by atoms with E-state index < -0.39 is 36.3 Å². The summed E-state index contributed by atoms with van der Waals surface area (Å²) in [6, 6.07) is 13.1. The maximum atomic E-state index is 12.9. The number of rotatable bonds is 8. The Bertz CT molecular complexity index is 805. The molecular formula is C21H22FNO5. The number of Topliss-reactive ketones (excluding diaryl/α,β-unsaturated/α-hetero) is 1. The van der Waals surface area contributed by atoms with E-state index in [4.69, 9.17) is 9.47 Å². The van der Waals surface area contributed by atoms with Crippen LogP contribution in [-0.2, 0) is 20.9 Å². The Hall–Kier alpha value is -3.22. The van der Waals surface area contributed by atoms with Gasteiger partial charge in [-0.3, -0.25) is 4.79 Å². The molecule has 0 aliphatic rings. The van der Waals surface area contributed by atoms with Crippen molar-refractivity contribution < 1.29 is 28.2 Å². The predicted octanol–water partition coefficient (Wildman–Crippen LogP) is 3.50. The van der Waals surface area contributed by atoms with E-state index in [-0.39, 0.29) is 18.1 Å². The highest BCUT2D eigenvalue weighted by Crippen LogP contribution is 2.08. The number of benzene rings is 2. The molecule has 2 aromatic carbocycles. The molecule has 0 aliphatic heterocycles. The molecule has 148 valence electrons. The fourth-order valence-electron chi connectivity index (χ4n) is 2.34. The average molecular weight is 387 g/mol. The molecule has 6 nitrogen and oxygen atoms in total.